The van der Waals surface area contributed by atoms with Crippen molar-refractivity contribution in [3.05, 3.63) is 39.0 Å². The van der Waals surface area contributed by atoms with Crippen molar-refractivity contribution >= 4 is 38.8 Å². The summed E-state index contributed by atoms with van der Waals surface area (Å²) in [4.78, 5) is 12.3. The lowest BCUT2D eigenvalue weighted by Gasteiger charge is -2.36. The van der Waals surface area contributed by atoms with Crippen molar-refractivity contribution in [1.82, 2.24) is 29.4 Å². The number of hydrogen-bond acceptors (Lipinski definition) is 5. The molecule has 5 rings (SSSR count). The van der Waals surface area contributed by atoms with Crippen molar-refractivity contribution in [1.29, 1.82) is 0 Å². The minimum absolute atomic E-state index is 0.106. The number of halogens is 1. The van der Waals surface area contributed by atoms with Gasteiger partial charge in [-0.25, -0.2) is 14.5 Å². The zero-order valence-electron chi connectivity index (χ0n) is 19.0. The van der Waals surface area contributed by atoms with Crippen LogP contribution in [-0.4, -0.2) is 29.4 Å². The zero-order chi connectivity index (χ0) is 22.1. The summed E-state index contributed by atoms with van der Waals surface area (Å²) in [6.07, 6.45) is 6.47. The van der Waals surface area contributed by atoms with Crippen LogP contribution in [0.25, 0.3) is 15.9 Å². The van der Waals surface area contributed by atoms with Gasteiger partial charge in [0.15, 0.2) is 11.5 Å². The molecule has 1 aliphatic rings. The molecule has 4 heterocycles. The maximum Gasteiger partial charge on any atom is 0.176 e. The van der Waals surface area contributed by atoms with Gasteiger partial charge in [0, 0.05) is 4.88 Å². The highest BCUT2D eigenvalue weighted by Crippen LogP contribution is 2.45. The first-order valence-electron chi connectivity index (χ1n) is 11.1. The summed E-state index contributed by atoms with van der Waals surface area (Å²) in [6.45, 7) is 13.1. The molecule has 4 aromatic rings. The third kappa shape index (κ3) is 3.20. The molecule has 6 nitrogen and oxygen atoms in total. The number of fused-ring (bicyclic) bond motifs is 5. The number of aromatic nitrogens is 6. The third-order valence-electron chi connectivity index (χ3n) is 7.40. The fourth-order valence-electron chi connectivity index (χ4n) is 4.85. The van der Waals surface area contributed by atoms with Crippen molar-refractivity contribution in [3.8, 4) is 0 Å². The number of thiophene rings is 1. The molecule has 0 radical (unpaired) electrons. The number of nitrogens with zero attached hydrogens (tertiary/aromatic N) is 6. The minimum Gasteiger partial charge on any atom is -0.258 e. The maximum atomic E-state index is 6.37. The van der Waals surface area contributed by atoms with Crippen LogP contribution in [0, 0.1) is 25.2 Å². The fraction of sp³-hybridized carbons (Fsp3) is 0.565. The normalized spacial score (nSPS) is 18.1. The van der Waals surface area contributed by atoms with E-state index in [9.17, 15) is 0 Å². The minimum atomic E-state index is -0.106. The lowest BCUT2D eigenvalue weighted by Crippen LogP contribution is -2.28. The third-order valence-corrected chi connectivity index (χ3v) is 9.11. The van der Waals surface area contributed by atoms with E-state index < -0.39 is 0 Å². The largest absolute Gasteiger partial charge is 0.258 e. The molecule has 0 fully saturated rings. The molecule has 4 aromatic heterocycles. The highest BCUT2D eigenvalue weighted by molar-refractivity contribution is 7.19. The highest BCUT2D eigenvalue weighted by Gasteiger charge is 2.33. The molecule has 0 aromatic carbocycles. The van der Waals surface area contributed by atoms with E-state index in [0.717, 1.165) is 46.4 Å². The van der Waals surface area contributed by atoms with E-state index in [1.165, 1.54) is 28.7 Å². The number of rotatable bonds is 4. The van der Waals surface area contributed by atoms with Crippen molar-refractivity contribution in [2.24, 2.45) is 11.3 Å². The molecule has 0 bridgehead atoms. The summed E-state index contributed by atoms with van der Waals surface area (Å²) in [5.41, 5.74) is 4.48. The highest BCUT2D eigenvalue weighted by atomic mass is 35.5. The first kappa shape index (κ1) is 20.9. The Balaban J connectivity index is 1.59. The molecule has 164 valence electrons. The molecule has 2 unspecified atom stereocenters. The summed E-state index contributed by atoms with van der Waals surface area (Å²) in [7, 11) is 0. The van der Waals surface area contributed by atoms with Gasteiger partial charge in [0.25, 0.3) is 0 Å². The molecule has 0 N–H and O–H groups in total. The Labute approximate surface area is 191 Å². The van der Waals surface area contributed by atoms with E-state index >= 15 is 0 Å². The van der Waals surface area contributed by atoms with Crippen LogP contribution in [0.15, 0.2) is 6.33 Å². The lowest BCUT2D eigenvalue weighted by atomic mass is 9.70. The lowest BCUT2D eigenvalue weighted by molar-refractivity contribution is 0.184. The average Bonchev–Trinajstić information content (AvgIpc) is 3.42. The van der Waals surface area contributed by atoms with Crippen LogP contribution in [0.1, 0.15) is 74.2 Å². The molecule has 1 aliphatic carbocycles. The summed E-state index contributed by atoms with van der Waals surface area (Å²) >= 11 is 8.21. The molecule has 0 amide bonds. The van der Waals surface area contributed by atoms with Gasteiger partial charge in [0.1, 0.15) is 17.2 Å². The topological polar surface area (TPSA) is 60.9 Å². The van der Waals surface area contributed by atoms with Crippen LogP contribution in [0.4, 0.5) is 0 Å². The van der Waals surface area contributed by atoms with E-state index in [-0.39, 0.29) is 6.04 Å². The Bertz CT molecular complexity index is 1300. The van der Waals surface area contributed by atoms with Gasteiger partial charge >= 0.3 is 0 Å². The number of aryl methyl sites for hydroxylation is 2. The molecule has 0 saturated heterocycles. The van der Waals surface area contributed by atoms with E-state index in [4.69, 9.17) is 26.7 Å². The van der Waals surface area contributed by atoms with Gasteiger partial charge in [-0.15, -0.1) is 16.4 Å². The van der Waals surface area contributed by atoms with Gasteiger partial charge in [-0.2, -0.15) is 5.10 Å². The summed E-state index contributed by atoms with van der Waals surface area (Å²) in [5.74, 6) is 1.45. The van der Waals surface area contributed by atoms with Crippen LogP contribution in [0.5, 0.6) is 0 Å². The smallest absolute Gasteiger partial charge is 0.176 e. The van der Waals surface area contributed by atoms with Gasteiger partial charge in [0.2, 0.25) is 0 Å². The Kier molecular flexibility index (Phi) is 4.90. The predicted molar refractivity (Wildman–Crippen MR) is 126 cm³/mol. The van der Waals surface area contributed by atoms with E-state index in [1.54, 1.807) is 6.33 Å². The van der Waals surface area contributed by atoms with Gasteiger partial charge in [-0.05, 0) is 56.9 Å². The van der Waals surface area contributed by atoms with Crippen molar-refractivity contribution in [2.45, 2.75) is 73.3 Å². The quantitative estimate of drug-likeness (QED) is 0.380. The Morgan fingerprint density at radius 1 is 1.29 bits per heavy atom. The van der Waals surface area contributed by atoms with E-state index in [1.807, 2.05) is 34.4 Å². The molecular formula is C23H29ClN6S. The van der Waals surface area contributed by atoms with Crippen LogP contribution in [0.2, 0.25) is 5.02 Å². The van der Waals surface area contributed by atoms with E-state index in [0.29, 0.717) is 10.4 Å². The second-order valence-electron chi connectivity index (χ2n) is 9.55. The van der Waals surface area contributed by atoms with Crippen LogP contribution >= 0.6 is 22.9 Å². The van der Waals surface area contributed by atoms with Gasteiger partial charge in [0.05, 0.1) is 21.8 Å². The Morgan fingerprint density at radius 3 is 2.74 bits per heavy atom. The van der Waals surface area contributed by atoms with Crippen LogP contribution in [-0.2, 0) is 12.8 Å². The summed E-state index contributed by atoms with van der Waals surface area (Å²) in [6, 6.07) is -0.106. The molecular weight excluding hydrogens is 428 g/mol. The predicted octanol–water partition coefficient (Wildman–Crippen LogP) is 5.96. The van der Waals surface area contributed by atoms with E-state index in [2.05, 4.69) is 32.8 Å². The van der Waals surface area contributed by atoms with Crippen molar-refractivity contribution < 1.29 is 0 Å². The fourth-order valence-corrected chi connectivity index (χ4v) is 6.24. The average molecular weight is 457 g/mol. The molecule has 0 spiro atoms. The SMILES string of the molecule is CCC(C)(C)C1CCc2c(sc3ncn4nc(C(C)n5nc(C)c(Cl)c5C)nc4c23)C1. The molecule has 0 saturated carbocycles. The van der Waals surface area contributed by atoms with Gasteiger partial charge < -0.3 is 0 Å². The van der Waals surface area contributed by atoms with Crippen LogP contribution < -0.4 is 0 Å². The van der Waals surface area contributed by atoms with Crippen LogP contribution in [0.3, 0.4) is 0 Å². The Hall–Kier alpha value is -1.99. The standard InChI is InChI=1S/C23H29ClN6S/c1-7-23(5,6)15-8-9-16-17(10-15)31-22-18(16)21-26-20(28-29(21)11-25-22)14(4)30-13(3)19(24)12(2)27-30/h11,14-15H,7-10H2,1-6H3. The first-order chi connectivity index (χ1) is 14.7. The summed E-state index contributed by atoms with van der Waals surface area (Å²) in [5, 5.41) is 11.3. The Morgan fingerprint density at radius 2 is 2.06 bits per heavy atom. The molecule has 31 heavy (non-hydrogen) atoms. The molecule has 2 atom stereocenters. The van der Waals surface area contributed by atoms with Gasteiger partial charge in [-0.3, -0.25) is 4.68 Å². The maximum absolute atomic E-state index is 6.37. The summed E-state index contributed by atoms with van der Waals surface area (Å²) < 4.78 is 3.74. The molecule has 0 aliphatic heterocycles. The second-order valence-corrected chi connectivity index (χ2v) is 11.0. The van der Waals surface area contributed by atoms with Crippen molar-refractivity contribution in [3.63, 3.8) is 0 Å². The zero-order valence-corrected chi connectivity index (χ0v) is 20.6. The van der Waals surface area contributed by atoms with Crippen molar-refractivity contribution in [2.75, 3.05) is 0 Å². The van der Waals surface area contributed by atoms with Gasteiger partial charge in [-0.1, -0.05) is 38.8 Å². The molecule has 8 heteroatoms. The first-order valence-corrected chi connectivity index (χ1v) is 12.3. The second kappa shape index (κ2) is 7.27. The monoisotopic (exact) mass is 456 g/mol. The number of hydrogen-bond donors (Lipinski definition) is 0.